The third-order valence-corrected chi connectivity index (χ3v) is 7.75. The Morgan fingerprint density at radius 1 is 1.11 bits per heavy atom. The number of aromatic nitrogens is 1. The minimum Gasteiger partial charge on any atom is -0.496 e. The molecule has 1 atom stereocenters. The number of likely N-dealkylation sites (tertiary alicyclic amines) is 1. The number of nitrogens with zero attached hydrogens (tertiary/aromatic N) is 2. The number of fused-ring (bicyclic) bond motifs is 1. The molecule has 8 heteroatoms. The Morgan fingerprint density at radius 3 is 2.62 bits per heavy atom. The molecule has 37 heavy (non-hydrogen) atoms. The van der Waals surface area contributed by atoms with Gasteiger partial charge in [-0.25, -0.2) is 4.98 Å². The van der Waals surface area contributed by atoms with Crippen LogP contribution in [-0.4, -0.2) is 54.0 Å². The van der Waals surface area contributed by atoms with Crippen LogP contribution in [0.4, 0.5) is 5.82 Å². The molecule has 1 aromatic heterocycles. The van der Waals surface area contributed by atoms with Gasteiger partial charge in [0, 0.05) is 24.8 Å². The van der Waals surface area contributed by atoms with E-state index >= 15 is 0 Å². The summed E-state index contributed by atoms with van der Waals surface area (Å²) in [6.07, 6.45) is 4.60. The molecule has 0 bridgehead atoms. The number of amides is 1. The maximum absolute atomic E-state index is 13.3. The second kappa shape index (κ2) is 9.68. The molecule has 3 aromatic rings. The van der Waals surface area contributed by atoms with Crippen molar-refractivity contribution >= 4 is 11.7 Å². The predicted octanol–water partition coefficient (Wildman–Crippen LogP) is 4.04. The van der Waals surface area contributed by atoms with Crippen molar-refractivity contribution < 1.29 is 24.1 Å². The van der Waals surface area contributed by atoms with Crippen molar-refractivity contribution in [2.24, 2.45) is 0 Å². The number of hydrogen-bond donors (Lipinski definition) is 2. The lowest BCUT2D eigenvalue weighted by Gasteiger charge is -2.37. The van der Waals surface area contributed by atoms with Gasteiger partial charge >= 0.3 is 0 Å². The van der Waals surface area contributed by atoms with E-state index < -0.39 is 5.41 Å². The van der Waals surface area contributed by atoms with Crippen molar-refractivity contribution in [3.05, 3.63) is 77.5 Å². The zero-order valence-corrected chi connectivity index (χ0v) is 20.9. The molecule has 8 nitrogen and oxygen atoms in total. The van der Waals surface area contributed by atoms with Crippen LogP contribution in [0.25, 0.3) is 0 Å². The molecule has 192 valence electrons. The van der Waals surface area contributed by atoms with Crippen LogP contribution >= 0.6 is 0 Å². The van der Waals surface area contributed by atoms with Crippen molar-refractivity contribution in [1.82, 2.24) is 9.88 Å². The lowest BCUT2D eigenvalue weighted by atomic mass is 9.94. The lowest BCUT2D eigenvalue weighted by Crippen LogP contribution is -2.39. The van der Waals surface area contributed by atoms with Gasteiger partial charge in [-0.2, -0.15) is 0 Å². The Morgan fingerprint density at radius 2 is 1.89 bits per heavy atom. The number of aliphatic hydroxyl groups excluding tert-OH is 1. The number of para-hydroxylation sites is 1. The standard InChI is InChI=1S/C29H31N3O5/c1-35-23-5-3-2-4-22(23)27(32-14-10-21(33)11-15-32)19-6-9-26(30-17-19)31-28(34)29(12-13-29)20-7-8-24-25(16-20)37-18-36-24/h2-9,16-17,21,27,33H,10-15,18H2,1H3,(H,30,31,34). The molecular weight excluding hydrogens is 470 g/mol. The number of ether oxygens (including phenoxy) is 3. The second-order valence-electron chi connectivity index (χ2n) is 9.99. The van der Waals surface area contributed by atoms with Crippen LogP contribution < -0.4 is 19.5 Å². The Bertz CT molecular complexity index is 1280. The smallest absolute Gasteiger partial charge is 0.236 e. The first-order valence-corrected chi connectivity index (χ1v) is 12.8. The van der Waals surface area contributed by atoms with Gasteiger partial charge in [0.25, 0.3) is 0 Å². The average molecular weight is 502 g/mol. The molecule has 1 unspecified atom stereocenters. The van der Waals surface area contributed by atoms with E-state index in [2.05, 4.69) is 21.3 Å². The largest absolute Gasteiger partial charge is 0.496 e. The van der Waals surface area contributed by atoms with E-state index in [0.29, 0.717) is 17.3 Å². The van der Waals surface area contributed by atoms with Gasteiger partial charge in [0.2, 0.25) is 12.7 Å². The molecule has 3 heterocycles. The van der Waals surface area contributed by atoms with E-state index in [1.54, 1.807) is 7.11 Å². The third-order valence-electron chi connectivity index (χ3n) is 7.75. The predicted molar refractivity (Wildman–Crippen MR) is 138 cm³/mol. The zero-order valence-electron chi connectivity index (χ0n) is 20.9. The highest BCUT2D eigenvalue weighted by atomic mass is 16.7. The van der Waals surface area contributed by atoms with E-state index in [9.17, 15) is 9.90 Å². The summed E-state index contributed by atoms with van der Waals surface area (Å²) in [5.41, 5.74) is 2.44. The SMILES string of the molecule is COc1ccccc1C(c1ccc(NC(=O)C2(c3ccc4c(c3)OCO4)CC2)nc1)N1CCC(O)CC1. The molecule has 2 N–H and O–H groups in total. The number of rotatable bonds is 7. The van der Waals surface area contributed by atoms with Crippen LogP contribution in [0.1, 0.15) is 48.4 Å². The average Bonchev–Trinajstić information content (AvgIpc) is 3.62. The lowest BCUT2D eigenvalue weighted by molar-refractivity contribution is -0.118. The summed E-state index contributed by atoms with van der Waals surface area (Å²) in [5, 5.41) is 13.1. The highest BCUT2D eigenvalue weighted by Crippen LogP contribution is 2.51. The maximum Gasteiger partial charge on any atom is 0.236 e. The van der Waals surface area contributed by atoms with Gasteiger partial charge < -0.3 is 24.6 Å². The molecule has 2 aromatic carbocycles. The number of piperidine rings is 1. The fourth-order valence-corrected chi connectivity index (χ4v) is 5.47. The van der Waals surface area contributed by atoms with Gasteiger partial charge in [0.05, 0.1) is 24.7 Å². The normalized spacial score (nSPS) is 19.3. The quantitative estimate of drug-likeness (QED) is 0.505. The number of benzene rings is 2. The molecule has 1 saturated carbocycles. The number of anilines is 1. The number of carbonyl (C=O) groups excluding carboxylic acids is 1. The van der Waals surface area contributed by atoms with Crippen LogP contribution in [-0.2, 0) is 10.2 Å². The Balaban J connectivity index is 1.23. The van der Waals surface area contributed by atoms with Crippen LogP contribution in [0.3, 0.4) is 0 Å². The first-order chi connectivity index (χ1) is 18.1. The number of nitrogens with one attached hydrogen (secondary N) is 1. The maximum atomic E-state index is 13.3. The number of hydrogen-bond acceptors (Lipinski definition) is 7. The van der Waals surface area contributed by atoms with Gasteiger partial charge in [0.1, 0.15) is 11.6 Å². The third kappa shape index (κ3) is 4.51. The van der Waals surface area contributed by atoms with E-state index in [1.807, 2.05) is 54.7 Å². The topological polar surface area (TPSA) is 93.2 Å². The van der Waals surface area contributed by atoms with Crippen LogP contribution in [0, 0.1) is 0 Å². The second-order valence-corrected chi connectivity index (χ2v) is 9.99. The van der Waals surface area contributed by atoms with E-state index in [0.717, 1.165) is 61.2 Å². The summed E-state index contributed by atoms with van der Waals surface area (Å²) in [6.45, 7) is 1.77. The summed E-state index contributed by atoms with van der Waals surface area (Å²) in [5.74, 6) is 2.68. The van der Waals surface area contributed by atoms with Gasteiger partial charge in [-0.05, 0) is 61.1 Å². The molecular formula is C29H31N3O5. The molecule has 1 aliphatic carbocycles. The monoisotopic (exact) mass is 501 g/mol. The molecule has 0 radical (unpaired) electrons. The van der Waals surface area contributed by atoms with Crippen molar-refractivity contribution in [2.75, 3.05) is 32.3 Å². The van der Waals surface area contributed by atoms with Crippen molar-refractivity contribution in [2.45, 2.75) is 43.2 Å². The highest BCUT2D eigenvalue weighted by Gasteiger charge is 2.51. The molecule has 3 aliphatic rings. The molecule has 0 spiro atoms. The Labute approximate surface area is 216 Å². The minimum atomic E-state index is -0.560. The summed E-state index contributed by atoms with van der Waals surface area (Å²) in [7, 11) is 1.68. The summed E-state index contributed by atoms with van der Waals surface area (Å²) >= 11 is 0. The van der Waals surface area contributed by atoms with Gasteiger partial charge in [-0.3, -0.25) is 9.69 Å². The first-order valence-electron chi connectivity index (χ1n) is 12.8. The molecule has 1 amide bonds. The van der Waals surface area contributed by atoms with Gasteiger partial charge in [-0.1, -0.05) is 30.3 Å². The Kier molecular flexibility index (Phi) is 6.22. The molecule has 2 fully saturated rings. The fraction of sp³-hybridized carbons (Fsp3) is 0.379. The van der Waals surface area contributed by atoms with Gasteiger partial charge in [0.15, 0.2) is 11.5 Å². The fourth-order valence-electron chi connectivity index (χ4n) is 5.47. The van der Waals surface area contributed by atoms with Crippen molar-refractivity contribution in [3.8, 4) is 17.2 Å². The number of carbonyl (C=O) groups is 1. The van der Waals surface area contributed by atoms with E-state index in [-0.39, 0.29) is 24.8 Å². The Hall–Kier alpha value is -3.62. The molecule has 6 rings (SSSR count). The number of pyridine rings is 1. The van der Waals surface area contributed by atoms with E-state index in [4.69, 9.17) is 14.2 Å². The first kappa shape index (κ1) is 23.8. The molecule has 2 aliphatic heterocycles. The zero-order chi connectivity index (χ0) is 25.4. The summed E-state index contributed by atoms with van der Waals surface area (Å²) < 4.78 is 16.6. The summed E-state index contributed by atoms with van der Waals surface area (Å²) in [4.78, 5) is 20.3. The highest BCUT2D eigenvalue weighted by molar-refractivity contribution is 6.01. The number of aliphatic hydroxyl groups is 1. The van der Waals surface area contributed by atoms with E-state index in [1.165, 1.54) is 0 Å². The minimum absolute atomic E-state index is 0.0575. The van der Waals surface area contributed by atoms with Crippen molar-refractivity contribution in [3.63, 3.8) is 0 Å². The van der Waals surface area contributed by atoms with Gasteiger partial charge in [-0.15, -0.1) is 0 Å². The number of methoxy groups -OCH3 is 1. The van der Waals surface area contributed by atoms with Crippen LogP contribution in [0.15, 0.2) is 60.8 Å². The van der Waals surface area contributed by atoms with Crippen LogP contribution in [0.2, 0.25) is 0 Å². The summed E-state index contributed by atoms with van der Waals surface area (Å²) in [6, 6.07) is 17.6. The molecule has 1 saturated heterocycles. The van der Waals surface area contributed by atoms with Crippen molar-refractivity contribution in [1.29, 1.82) is 0 Å². The van der Waals surface area contributed by atoms with Crippen LogP contribution in [0.5, 0.6) is 17.2 Å².